The molecule has 0 bridgehead atoms. The van der Waals surface area contributed by atoms with Crippen molar-refractivity contribution in [3.8, 4) is 0 Å². The summed E-state index contributed by atoms with van der Waals surface area (Å²) in [5, 5.41) is 12.2. The molecule has 20 heavy (non-hydrogen) atoms. The predicted octanol–water partition coefficient (Wildman–Crippen LogP) is 0.247. The third-order valence-corrected chi connectivity index (χ3v) is 2.89. The molecule has 0 aliphatic carbocycles. The van der Waals surface area contributed by atoms with Crippen molar-refractivity contribution in [1.82, 2.24) is 10.6 Å². The molecule has 1 aromatic rings. The molecule has 0 spiro atoms. The topological polar surface area (TPSA) is 91.3 Å². The van der Waals surface area contributed by atoms with Crippen molar-refractivity contribution in [3.63, 3.8) is 0 Å². The van der Waals surface area contributed by atoms with Crippen LogP contribution in [-0.4, -0.2) is 38.3 Å². The third kappa shape index (κ3) is 4.93. The van der Waals surface area contributed by atoms with Gasteiger partial charge in [0.2, 0.25) is 0 Å². The Balaban J connectivity index is 2.77. The minimum atomic E-state index is -0.817. The summed E-state index contributed by atoms with van der Waals surface area (Å²) in [6.45, 7) is 1.69. The van der Waals surface area contributed by atoms with Gasteiger partial charge in [-0.3, -0.25) is 0 Å². The third-order valence-electron chi connectivity index (χ3n) is 2.89. The van der Waals surface area contributed by atoms with E-state index >= 15 is 0 Å². The van der Waals surface area contributed by atoms with Crippen LogP contribution in [0.25, 0.3) is 0 Å². The molecule has 3 N–H and O–H groups in total. The first-order valence-corrected chi connectivity index (χ1v) is 6.29. The molecule has 0 heterocycles. The molecule has 6 nitrogen and oxygen atoms in total. The molecule has 1 aromatic carbocycles. The zero-order valence-corrected chi connectivity index (χ0v) is 11.6. The van der Waals surface area contributed by atoms with Crippen LogP contribution in [0.5, 0.6) is 0 Å². The Labute approximate surface area is 118 Å². The van der Waals surface area contributed by atoms with Gasteiger partial charge in [-0.1, -0.05) is 0 Å². The van der Waals surface area contributed by atoms with E-state index < -0.39 is 18.1 Å². The van der Waals surface area contributed by atoms with Gasteiger partial charge in [0.25, 0.3) is 0 Å². The Bertz CT molecular complexity index is 467. The van der Waals surface area contributed by atoms with Crippen LogP contribution in [0.3, 0.4) is 0 Å². The van der Waals surface area contributed by atoms with E-state index in [0.717, 1.165) is 5.56 Å². The van der Waals surface area contributed by atoms with Crippen LogP contribution < -0.4 is 10.6 Å². The number of carbonyl (C=O) groups is 2. The molecule has 0 saturated carbocycles. The molecule has 7 heteroatoms. The summed E-state index contributed by atoms with van der Waals surface area (Å²) in [5.74, 6) is -0.948. The second-order valence-corrected chi connectivity index (χ2v) is 4.32. The van der Waals surface area contributed by atoms with Crippen LogP contribution in [0.4, 0.5) is 0 Å². The molecule has 1 rings (SSSR count). The molecule has 0 aromatic heterocycles. The number of benzene rings is 1. The molecule has 0 saturated heterocycles. The number of carbonyl (C=O) groups excluding carboxylic acids is 2. The summed E-state index contributed by atoms with van der Waals surface area (Å²) in [6.07, 6.45) is 0.315. The summed E-state index contributed by atoms with van der Waals surface area (Å²) in [6, 6.07) is 8.06. The van der Waals surface area contributed by atoms with E-state index in [0.29, 0.717) is 13.7 Å². The summed E-state index contributed by atoms with van der Waals surface area (Å²) >= 11 is 0. The first-order chi connectivity index (χ1) is 9.58. The van der Waals surface area contributed by atoms with Gasteiger partial charge in [-0.15, -0.1) is 0 Å². The Morgan fingerprint density at radius 1 is 1.35 bits per heavy atom. The van der Waals surface area contributed by atoms with Gasteiger partial charge in [-0.05, 0) is 0 Å². The van der Waals surface area contributed by atoms with Gasteiger partial charge in [0.1, 0.15) is 0 Å². The zero-order valence-electron chi connectivity index (χ0n) is 11.6. The quantitative estimate of drug-likeness (QED) is 0.622. The number of amides is 1. The molecule has 0 unspecified atom stereocenters. The van der Waals surface area contributed by atoms with Crippen molar-refractivity contribution in [2.24, 2.45) is 0 Å². The summed E-state index contributed by atoms with van der Waals surface area (Å²) in [7, 11) is 2.22. The second-order valence-electron chi connectivity index (χ2n) is 4.32. The van der Waals surface area contributed by atoms with Crippen LogP contribution in [0.15, 0.2) is 30.3 Å². The number of hydrogen-bond donors (Lipinski definition) is 3. The molecule has 0 aliphatic heterocycles. The number of likely N-dealkylation sites (N-methyl/N-ethyl adjacent to an activating group) is 1. The van der Waals surface area contributed by atoms with Crippen LogP contribution >= 0.6 is 0 Å². The fraction of sp³-hybridized carbons (Fsp3) is 0.385. The van der Waals surface area contributed by atoms with Gasteiger partial charge >= 0.3 is 118 Å². The number of rotatable bonds is 7. The van der Waals surface area contributed by atoms with E-state index in [2.05, 4.69) is 15.3 Å². The van der Waals surface area contributed by atoms with Crippen molar-refractivity contribution >= 4 is 19.2 Å². The van der Waals surface area contributed by atoms with Crippen LogP contribution in [0.2, 0.25) is 0 Å². The van der Waals surface area contributed by atoms with Crippen molar-refractivity contribution in [1.29, 1.82) is 5.31 Å². The fourth-order valence-corrected chi connectivity index (χ4v) is 1.61. The molecule has 0 aliphatic rings. The van der Waals surface area contributed by atoms with E-state index in [1.807, 2.05) is 30.3 Å². The Morgan fingerprint density at radius 3 is 2.55 bits per heavy atom. The standard InChI is InChI=1S/C13H18BN3O3/c1-9(16-2)12(18)17-11(13(19)20-14-15)8-10-6-4-3-5-7-10/h3-7,9,11,15-16H,8H2,1-2H3,(H,17,18)/t9-,11-/m1/s1. The number of hydrogen-bond acceptors (Lipinski definition) is 5. The van der Waals surface area contributed by atoms with Crippen LogP contribution in [-0.2, 0) is 20.7 Å². The van der Waals surface area contributed by atoms with Crippen molar-refractivity contribution in [2.75, 3.05) is 7.05 Å². The normalized spacial score (nSPS) is 12.9. The predicted molar refractivity (Wildman–Crippen MR) is 75.2 cm³/mol. The summed E-state index contributed by atoms with van der Waals surface area (Å²) in [4.78, 5) is 23.6. The monoisotopic (exact) mass is 275 g/mol. The average molecular weight is 275 g/mol. The van der Waals surface area contributed by atoms with Gasteiger partial charge in [0, 0.05) is 0 Å². The average Bonchev–Trinajstić information content (AvgIpc) is 2.46. The van der Waals surface area contributed by atoms with E-state index in [4.69, 9.17) is 5.31 Å². The number of nitrogens with one attached hydrogen (secondary N) is 3. The van der Waals surface area contributed by atoms with Crippen LogP contribution in [0.1, 0.15) is 12.5 Å². The van der Waals surface area contributed by atoms with Crippen LogP contribution in [0, 0.1) is 5.31 Å². The van der Waals surface area contributed by atoms with Gasteiger partial charge in [0.15, 0.2) is 0 Å². The Kier molecular flexibility index (Phi) is 6.59. The van der Waals surface area contributed by atoms with Gasteiger partial charge in [-0.25, -0.2) is 0 Å². The Hall–Kier alpha value is -2.02. The molecule has 2 atom stereocenters. The molecule has 0 radical (unpaired) electrons. The zero-order chi connectivity index (χ0) is 15.0. The first kappa shape index (κ1) is 16.0. The van der Waals surface area contributed by atoms with E-state index in [-0.39, 0.29) is 5.91 Å². The van der Waals surface area contributed by atoms with Gasteiger partial charge in [-0.2, -0.15) is 0 Å². The molecule has 1 amide bonds. The van der Waals surface area contributed by atoms with Crippen molar-refractivity contribution in [3.05, 3.63) is 35.9 Å². The molecule has 0 fully saturated rings. The second kappa shape index (κ2) is 8.21. The first-order valence-electron chi connectivity index (χ1n) is 6.29. The van der Waals surface area contributed by atoms with Gasteiger partial charge < -0.3 is 0 Å². The van der Waals surface area contributed by atoms with E-state index in [1.54, 1.807) is 14.0 Å². The molecular formula is C13H18BN3O3. The maximum atomic E-state index is 11.8. The molecular weight excluding hydrogens is 257 g/mol. The minimum absolute atomic E-state index is 0.296. The summed E-state index contributed by atoms with van der Waals surface area (Å²) in [5.41, 5.74) is 0.900. The summed E-state index contributed by atoms with van der Waals surface area (Å²) < 4.78 is 4.56. The maximum absolute atomic E-state index is 11.8. The van der Waals surface area contributed by atoms with Crippen molar-refractivity contribution in [2.45, 2.75) is 25.4 Å². The van der Waals surface area contributed by atoms with E-state index in [1.165, 1.54) is 0 Å². The fourth-order valence-electron chi connectivity index (χ4n) is 1.61. The Morgan fingerprint density at radius 2 is 2.00 bits per heavy atom. The van der Waals surface area contributed by atoms with E-state index in [9.17, 15) is 9.59 Å². The van der Waals surface area contributed by atoms with Gasteiger partial charge in [0.05, 0.1) is 0 Å². The SMILES string of the molecule is CN[C@H](C)C(=O)N[C@H](Cc1ccccc1)C(=O)OB=N. The van der Waals surface area contributed by atoms with Crippen molar-refractivity contribution < 1.29 is 14.2 Å². The molecule has 106 valence electrons.